The summed E-state index contributed by atoms with van der Waals surface area (Å²) in [5, 5.41) is 2.57. The first-order chi connectivity index (χ1) is 12.4. The van der Waals surface area contributed by atoms with Crippen molar-refractivity contribution in [2.75, 3.05) is 0 Å². The lowest BCUT2D eigenvalue weighted by molar-refractivity contribution is 1.18. The molecule has 5 rings (SSSR count). The lowest BCUT2D eigenvalue weighted by Gasteiger charge is -2.11. The van der Waals surface area contributed by atoms with E-state index in [4.69, 9.17) is 0 Å². The molecule has 0 atom stereocenters. The van der Waals surface area contributed by atoms with Gasteiger partial charge in [-0.1, -0.05) is 78.9 Å². The molecule has 0 aliphatic carbocycles. The number of para-hydroxylation sites is 3. The Kier molecular flexibility index (Phi) is 3.17. The number of fused-ring (bicyclic) bond motifs is 3. The summed E-state index contributed by atoms with van der Waals surface area (Å²) >= 11 is 0. The van der Waals surface area contributed by atoms with Crippen LogP contribution in [0, 0.1) is 6.07 Å². The Hall–Kier alpha value is -3.32. The molecule has 1 heterocycles. The third-order valence-electron chi connectivity index (χ3n) is 4.74. The Labute approximate surface area is 146 Å². The lowest BCUT2D eigenvalue weighted by Crippen LogP contribution is -1.94. The standard InChI is InChI=1S/C24H16N/c1-3-10-18(11-4-1)20-15-9-16-22-21-14-7-8-17-23(21)25(24(20)22)19-12-5-2-6-13-19/h2-17H. The van der Waals surface area contributed by atoms with Crippen LogP contribution >= 0.6 is 0 Å². The Morgan fingerprint density at radius 1 is 0.600 bits per heavy atom. The zero-order valence-electron chi connectivity index (χ0n) is 13.7. The van der Waals surface area contributed by atoms with Gasteiger partial charge >= 0.3 is 0 Å². The molecule has 1 nitrogen and oxygen atoms in total. The van der Waals surface area contributed by atoms with E-state index in [2.05, 4.69) is 95.6 Å². The molecule has 4 aromatic carbocycles. The highest BCUT2D eigenvalue weighted by Crippen LogP contribution is 2.37. The second kappa shape index (κ2) is 5.64. The molecule has 0 aliphatic heterocycles. The van der Waals surface area contributed by atoms with Crippen molar-refractivity contribution in [3.8, 4) is 16.8 Å². The highest BCUT2D eigenvalue weighted by Gasteiger charge is 2.15. The van der Waals surface area contributed by atoms with Gasteiger partial charge in [0, 0.05) is 22.0 Å². The van der Waals surface area contributed by atoms with Crippen molar-refractivity contribution in [2.45, 2.75) is 0 Å². The molecule has 0 bridgehead atoms. The second-order valence-electron chi connectivity index (χ2n) is 6.18. The molecule has 0 spiro atoms. The molecule has 1 aromatic heterocycles. The predicted octanol–water partition coefficient (Wildman–Crippen LogP) is 6.25. The van der Waals surface area contributed by atoms with Gasteiger partial charge in [0.15, 0.2) is 0 Å². The zero-order valence-corrected chi connectivity index (χ0v) is 13.7. The van der Waals surface area contributed by atoms with E-state index < -0.39 is 0 Å². The first kappa shape index (κ1) is 14.1. The average Bonchev–Trinajstić information content (AvgIpc) is 3.04. The topological polar surface area (TPSA) is 4.93 Å². The van der Waals surface area contributed by atoms with Crippen molar-refractivity contribution < 1.29 is 0 Å². The van der Waals surface area contributed by atoms with Crippen LogP contribution in [0.4, 0.5) is 0 Å². The monoisotopic (exact) mass is 318 g/mol. The normalized spacial score (nSPS) is 11.2. The zero-order chi connectivity index (χ0) is 16.6. The first-order valence-electron chi connectivity index (χ1n) is 8.47. The summed E-state index contributed by atoms with van der Waals surface area (Å²) in [6.45, 7) is 0. The molecule has 25 heavy (non-hydrogen) atoms. The van der Waals surface area contributed by atoms with Crippen LogP contribution in [0.25, 0.3) is 38.6 Å². The molecular formula is C24H16N. The number of hydrogen-bond donors (Lipinski definition) is 0. The molecule has 0 N–H and O–H groups in total. The third-order valence-corrected chi connectivity index (χ3v) is 4.74. The summed E-state index contributed by atoms with van der Waals surface area (Å²) < 4.78 is 2.37. The van der Waals surface area contributed by atoms with Crippen LogP contribution in [0.1, 0.15) is 0 Å². The molecule has 0 fully saturated rings. The van der Waals surface area contributed by atoms with Crippen LogP contribution in [0.5, 0.6) is 0 Å². The van der Waals surface area contributed by atoms with Crippen molar-refractivity contribution in [3.05, 3.63) is 103 Å². The number of nitrogens with zero attached hydrogens (tertiary/aromatic N) is 1. The van der Waals surface area contributed by atoms with Crippen LogP contribution in [-0.4, -0.2) is 4.57 Å². The van der Waals surface area contributed by atoms with E-state index >= 15 is 0 Å². The molecule has 1 radical (unpaired) electrons. The first-order valence-corrected chi connectivity index (χ1v) is 8.47. The van der Waals surface area contributed by atoms with Gasteiger partial charge in [0.1, 0.15) is 0 Å². The fraction of sp³-hybridized carbons (Fsp3) is 0. The molecule has 117 valence electrons. The van der Waals surface area contributed by atoms with Crippen LogP contribution in [0.3, 0.4) is 0 Å². The van der Waals surface area contributed by atoms with Gasteiger partial charge in [-0.05, 0) is 29.8 Å². The number of aromatic nitrogens is 1. The van der Waals surface area contributed by atoms with Crippen molar-refractivity contribution in [1.82, 2.24) is 4.57 Å². The van der Waals surface area contributed by atoms with E-state index in [1.165, 1.54) is 38.6 Å². The maximum Gasteiger partial charge on any atom is 0.0619 e. The number of rotatable bonds is 2. The van der Waals surface area contributed by atoms with Crippen LogP contribution in [0.2, 0.25) is 0 Å². The molecule has 0 saturated carbocycles. The van der Waals surface area contributed by atoms with E-state index in [0.717, 1.165) is 0 Å². The fourth-order valence-corrected chi connectivity index (χ4v) is 3.66. The molecular weight excluding hydrogens is 302 g/mol. The van der Waals surface area contributed by atoms with Crippen LogP contribution < -0.4 is 0 Å². The maximum atomic E-state index is 3.12. The third kappa shape index (κ3) is 2.17. The van der Waals surface area contributed by atoms with Gasteiger partial charge in [0.05, 0.1) is 11.0 Å². The van der Waals surface area contributed by atoms with E-state index in [0.29, 0.717) is 0 Å². The summed E-state index contributed by atoms with van der Waals surface area (Å²) in [6.07, 6.45) is 0. The lowest BCUT2D eigenvalue weighted by atomic mass is 10.0. The largest absolute Gasteiger partial charge is 0.309 e. The van der Waals surface area contributed by atoms with Crippen LogP contribution in [-0.2, 0) is 0 Å². The van der Waals surface area contributed by atoms with E-state index in [9.17, 15) is 0 Å². The second-order valence-corrected chi connectivity index (χ2v) is 6.18. The average molecular weight is 318 g/mol. The van der Waals surface area contributed by atoms with E-state index in [1.54, 1.807) is 0 Å². The molecule has 5 aromatic rings. The predicted molar refractivity (Wildman–Crippen MR) is 105 cm³/mol. The van der Waals surface area contributed by atoms with Gasteiger partial charge in [-0.25, -0.2) is 0 Å². The van der Waals surface area contributed by atoms with Gasteiger partial charge in [-0.15, -0.1) is 0 Å². The Balaban J connectivity index is 1.99. The van der Waals surface area contributed by atoms with Gasteiger partial charge < -0.3 is 4.57 Å². The van der Waals surface area contributed by atoms with Crippen molar-refractivity contribution in [3.63, 3.8) is 0 Å². The quantitative estimate of drug-likeness (QED) is 0.362. The van der Waals surface area contributed by atoms with Gasteiger partial charge in [0.25, 0.3) is 0 Å². The van der Waals surface area contributed by atoms with E-state index in [1.807, 2.05) is 12.1 Å². The summed E-state index contributed by atoms with van der Waals surface area (Å²) in [6, 6.07) is 37.1. The smallest absolute Gasteiger partial charge is 0.0619 e. The Bertz CT molecular complexity index is 1170. The minimum atomic E-state index is 1.18. The SMILES string of the molecule is [c]1ccc(-c2cccc3c4ccccc4n(-c4ccccc4)c23)cc1. The summed E-state index contributed by atoms with van der Waals surface area (Å²) in [4.78, 5) is 0. The van der Waals surface area contributed by atoms with Crippen molar-refractivity contribution in [2.24, 2.45) is 0 Å². The highest BCUT2D eigenvalue weighted by molar-refractivity contribution is 6.13. The molecule has 0 amide bonds. The van der Waals surface area contributed by atoms with E-state index in [-0.39, 0.29) is 0 Å². The van der Waals surface area contributed by atoms with Crippen molar-refractivity contribution in [1.29, 1.82) is 0 Å². The van der Waals surface area contributed by atoms with Gasteiger partial charge in [-0.3, -0.25) is 0 Å². The highest BCUT2D eigenvalue weighted by atomic mass is 15.0. The molecule has 0 saturated heterocycles. The minimum absolute atomic E-state index is 1.18. The summed E-state index contributed by atoms with van der Waals surface area (Å²) in [7, 11) is 0. The number of hydrogen-bond acceptors (Lipinski definition) is 0. The van der Waals surface area contributed by atoms with Gasteiger partial charge in [-0.2, -0.15) is 0 Å². The summed E-state index contributed by atoms with van der Waals surface area (Å²) in [5.41, 5.74) is 6.12. The molecule has 0 unspecified atom stereocenters. The maximum absolute atomic E-state index is 3.12. The fourth-order valence-electron chi connectivity index (χ4n) is 3.66. The Morgan fingerprint density at radius 2 is 1.32 bits per heavy atom. The number of benzene rings is 4. The van der Waals surface area contributed by atoms with Crippen molar-refractivity contribution >= 4 is 21.8 Å². The van der Waals surface area contributed by atoms with Crippen LogP contribution in [0.15, 0.2) is 97.1 Å². The Morgan fingerprint density at radius 3 is 2.16 bits per heavy atom. The van der Waals surface area contributed by atoms with Gasteiger partial charge in [0.2, 0.25) is 0 Å². The minimum Gasteiger partial charge on any atom is -0.309 e. The molecule has 0 aliphatic rings. The summed E-state index contributed by atoms with van der Waals surface area (Å²) in [5.74, 6) is 0. The molecule has 1 heteroatoms.